The molecule has 0 saturated carbocycles. The lowest BCUT2D eigenvalue weighted by Crippen LogP contribution is -2.42. The van der Waals surface area contributed by atoms with Gasteiger partial charge in [-0.1, -0.05) is 6.92 Å². The first-order valence-corrected chi connectivity index (χ1v) is 4.75. The van der Waals surface area contributed by atoms with Crippen LogP contribution in [0.15, 0.2) is 0 Å². The van der Waals surface area contributed by atoms with Crippen molar-refractivity contribution >= 4 is 0 Å². The van der Waals surface area contributed by atoms with Gasteiger partial charge in [0.05, 0.1) is 6.07 Å². The topological polar surface area (TPSA) is 27.0 Å². The molecule has 0 bridgehead atoms. The summed E-state index contributed by atoms with van der Waals surface area (Å²) in [6.45, 7) is 8.97. The second kappa shape index (κ2) is 3.45. The van der Waals surface area contributed by atoms with E-state index in [1.54, 1.807) is 0 Å². The first kappa shape index (κ1) is 9.54. The third kappa shape index (κ3) is 1.47. The van der Waals surface area contributed by atoms with Gasteiger partial charge in [0.25, 0.3) is 0 Å². The number of hydrogen-bond donors (Lipinski definition) is 0. The summed E-state index contributed by atoms with van der Waals surface area (Å²) in [5.74, 6) is 0.572. The summed E-state index contributed by atoms with van der Waals surface area (Å²) in [7, 11) is 0. The SMILES string of the molecule is CCN1CCC(CC#N)C1(C)C. The molecule has 12 heavy (non-hydrogen) atoms. The van der Waals surface area contributed by atoms with Crippen LogP contribution in [0.1, 0.15) is 33.6 Å². The zero-order chi connectivity index (χ0) is 9.19. The van der Waals surface area contributed by atoms with Crippen LogP contribution in [-0.2, 0) is 0 Å². The minimum absolute atomic E-state index is 0.241. The van der Waals surface area contributed by atoms with Crippen molar-refractivity contribution in [2.45, 2.75) is 39.2 Å². The Hall–Kier alpha value is -0.550. The molecular formula is C10H18N2. The van der Waals surface area contributed by atoms with E-state index < -0.39 is 0 Å². The zero-order valence-corrected chi connectivity index (χ0v) is 8.30. The average Bonchev–Trinajstić information content (AvgIpc) is 2.28. The quantitative estimate of drug-likeness (QED) is 0.627. The van der Waals surface area contributed by atoms with E-state index >= 15 is 0 Å². The van der Waals surface area contributed by atoms with E-state index in [0.29, 0.717) is 12.3 Å². The van der Waals surface area contributed by atoms with Gasteiger partial charge in [-0.2, -0.15) is 5.26 Å². The molecular weight excluding hydrogens is 148 g/mol. The highest BCUT2D eigenvalue weighted by molar-refractivity contribution is 4.98. The molecule has 1 atom stereocenters. The van der Waals surface area contributed by atoms with E-state index in [1.807, 2.05) is 0 Å². The monoisotopic (exact) mass is 166 g/mol. The molecule has 0 radical (unpaired) electrons. The molecule has 2 heteroatoms. The largest absolute Gasteiger partial charge is 0.298 e. The van der Waals surface area contributed by atoms with Crippen LogP contribution in [0.3, 0.4) is 0 Å². The fraction of sp³-hybridized carbons (Fsp3) is 0.900. The Morgan fingerprint density at radius 2 is 2.25 bits per heavy atom. The molecule has 1 rings (SSSR count). The molecule has 0 aromatic heterocycles. The fourth-order valence-corrected chi connectivity index (χ4v) is 2.24. The Balaban J connectivity index is 2.65. The van der Waals surface area contributed by atoms with Crippen molar-refractivity contribution in [2.75, 3.05) is 13.1 Å². The number of likely N-dealkylation sites (tertiary alicyclic amines) is 1. The van der Waals surface area contributed by atoms with Crippen LogP contribution in [0, 0.1) is 17.2 Å². The van der Waals surface area contributed by atoms with Crippen molar-refractivity contribution in [3.8, 4) is 6.07 Å². The smallest absolute Gasteiger partial charge is 0.0625 e. The number of nitrogens with zero attached hydrogens (tertiary/aromatic N) is 2. The normalized spacial score (nSPS) is 28.7. The van der Waals surface area contributed by atoms with E-state index in [0.717, 1.165) is 13.1 Å². The molecule has 1 saturated heterocycles. The van der Waals surface area contributed by atoms with Gasteiger partial charge in [-0.05, 0) is 39.3 Å². The van der Waals surface area contributed by atoms with Crippen molar-refractivity contribution in [2.24, 2.45) is 5.92 Å². The molecule has 68 valence electrons. The van der Waals surface area contributed by atoms with Gasteiger partial charge in [-0.3, -0.25) is 4.90 Å². The second-order valence-corrected chi connectivity index (χ2v) is 4.08. The van der Waals surface area contributed by atoms with E-state index in [1.165, 1.54) is 6.42 Å². The lowest BCUT2D eigenvalue weighted by atomic mass is 9.86. The summed E-state index contributed by atoms with van der Waals surface area (Å²) in [4.78, 5) is 2.47. The van der Waals surface area contributed by atoms with Gasteiger partial charge < -0.3 is 0 Å². The predicted octanol–water partition coefficient (Wildman–Crippen LogP) is 2.02. The van der Waals surface area contributed by atoms with Gasteiger partial charge in [-0.15, -0.1) is 0 Å². The average molecular weight is 166 g/mol. The Bertz CT molecular complexity index is 191. The molecule has 2 nitrogen and oxygen atoms in total. The highest BCUT2D eigenvalue weighted by Crippen LogP contribution is 2.35. The third-order valence-corrected chi connectivity index (χ3v) is 3.28. The van der Waals surface area contributed by atoms with Gasteiger partial charge in [0, 0.05) is 12.0 Å². The van der Waals surface area contributed by atoms with E-state index in [9.17, 15) is 0 Å². The van der Waals surface area contributed by atoms with Gasteiger partial charge >= 0.3 is 0 Å². The summed E-state index contributed by atoms with van der Waals surface area (Å²) < 4.78 is 0. The summed E-state index contributed by atoms with van der Waals surface area (Å²) in [6, 6.07) is 2.28. The lowest BCUT2D eigenvalue weighted by Gasteiger charge is -2.34. The Morgan fingerprint density at radius 3 is 2.67 bits per heavy atom. The number of rotatable bonds is 2. The van der Waals surface area contributed by atoms with Crippen LogP contribution in [0.4, 0.5) is 0 Å². The van der Waals surface area contributed by atoms with Crippen LogP contribution in [-0.4, -0.2) is 23.5 Å². The molecule has 1 unspecified atom stereocenters. The fourth-order valence-electron chi connectivity index (χ4n) is 2.24. The molecule has 0 aromatic rings. The van der Waals surface area contributed by atoms with Crippen molar-refractivity contribution in [3.05, 3.63) is 0 Å². The van der Waals surface area contributed by atoms with Crippen LogP contribution in [0.25, 0.3) is 0 Å². The molecule has 1 heterocycles. The first-order chi connectivity index (χ1) is 5.62. The molecule has 0 aromatic carbocycles. The maximum Gasteiger partial charge on any atom is 0.0625 e. The maximum absolute atomic E-state index is 8.65. The number of nitriles is 1. The van der Waals surface area contributed by atoms with Gasteiger partial charge in [0.2, 0.25) is 0 Å². The molecule has 1 fully saturated rings. The standard InChI is InChI=1S/C10H18N2/c1-4-12-8-6-9(5-7-11)10(12,2)3/h9H,4-6,8H2,1-3H3. The number of hydrogen-bond acceptors (Lipinski definition) is 2. The Labute approximate surface area is 75.2 Å². The molecule has 0 spiro atoms. The summed E-state index contributed by atoms with van der Waals surface area (Å²) >= 11 is 0. The second-order valence-electron chi connectivity index (χ2n) is 4.08. The Morgan fingerprint density at radius 1 is 1.58 bits per heavy atom. The van der Waals surface area contributed by atoms with Gasteiger partial charge in [0.15, 0.2) is 0 Å². The van der Waals surface area contributed by atoms with Gasteiger partial charge in [-0.25, -0.2) is 0 Å². The minimum atomic E-state index is 0.241. The predicted molar refractivity (Wildman–Crippen MR) is 49.7 cm³/mol. The summed E-state index contributed by atoms with van der Waals surface area (Å²) in [6.07, 6.45) is 1.90. The summed E-state index contributed by atoms with van der Waals surface area (Å²) in [5, 5.41) is 8.65. The third-order valence-electron chi connectivity index (χ3n) is 3.28. The lowest BCUT2D eigenvalue weighted by molar-refractivity contribution is 0.147. The van der Waals surface area contributed by atoms with Crippen LogP contribution in [0.2, 0.25) is 0 Å². The summed E-state index contributed by atoms with van der Waals surface area (Å²) in [5.41, 5.74) is 0.241. The molecule has 1 aliphatic rings. The minimum Gasteiger partial charge on any atom is -0.298 e. The van der Waals surface area contributed by atoms with Crippen LogP contribution < -0.4 is 0 Å². The first-order valence-electron chi connectivity index (χ1n) is 4.75. The van der Waals surface area contributed by atoms with Crippen LogP contribution in [0.5, 0.6) is 0 Å². The van der Waals surface area contributed by atoms with Crippen molar-refractivity contribution in [3.63, 3.8) is 0 Å². The zero-order valence-electron chi connectivity index (χ0n) is 8.30. The molecule has 1 aliphatic heterocycles. The molecule has 0 amide bonds. The van der Waals surface area contributed by atoms with Crippen molar-refractivity contribution < 1.29 is 0 Å². The van der Waals surface area contributed by atoms with E-state index in [2.05, 4.69) is 31.7 Å². The van der Waals surface area contributed by atoms with Crippen molar-refractivity contribution in [1.82, 2.24) is 4.90 Å². The van der Waals surface area contributed by atoms with E-state index in [-0.39, 0.29) is 5.54 Å². The highest BCUT2D eigenvalue weighted by Gasteiger charge is 2.39. The Kier molecular flexibility index (Phi) is 2.74. The highest BCUT2D eigenvalue weighted by atomic mass is 15.2. The molecule has 0 N–H and O–H groups in total. The molecule has 0 aliphatic carbocycles. The van der Waals surface area contributed by atoms with E-state index in [4.69, 9.17) is 5.26 Å². The van der Waals surface area contributed by atoms with Crippen LogP contribution >= 0.6 is 0 Å². The maximum atomic E-state index is 8.65. The van der Waals surface area contributed by atoms with Crippen molar-refractivity contribution in [1.29, 1.82) is 5.26 Å². The van der Waals surface area contributed by atoms with Gasteiger partial charge in [0.1, 0.15) is 0 Å².